The lowest BCUT2D eigenvalue weighted by Crippen LogP contribution is -2.03. The quantitative estimate of drug-likeness (QED) is 0.876. The number of carboxylic acid groups (broad SMARTS) is 1. The van der Waals surface area contributed by atoms with E-state index in [4.69, 9.17) is 9.84 Å². The number of hydrogen-bond acceptors (Lipinski definition) is 2. The Morgan fingerprint density at radius 3 is 2.55 bits per heavy atom. The Kier molecular flexibility index (Phi) is 4.77. The Balaban J connectivity index is 1.87. The van der Waals surface area contributed by atoms with Gasteiger partial charge in [0.15, 0.2) is 0 Å². The molecule has 2 aromatic rings. The number of carbonyl (C=O) groups is 1. The van der Waals surface area contributed by atoms with E-state index in [1.165, 1.54) is 11.1 Å². The molecule has 0 saturated heterocycles. The van der Waals surface area contributed by atoms with Gasteiger partial charge >= 0.3 is 5.97 Å². The molecule has 0 fully saturated rings. The maximum absolute atomic E-state index is 10.7. The smallest absolute Gasteiger partial charge is 0.307 e. The predicted molar refractivity (Wildman–Crippen MR) is 78.2 cm³/mol. The first-order valence-corrected chi connectivity index (χ1v) is 6.62. The van der Waals surface area contributed by atoms with Crippen molar-refractivity contribution in [3.63, 3.8) is 0 Å². The molecule has 0 amide bonds. The van der Waals surface area contributed by atoms with Gasteiger partial charge in [-0.25, -0.2) is 0 Å². The van der Waals surface area contributed by atoms with Crippen molar-refractivity contribution in [1.29, 1.82) is 0 Å². The Morgan fingerprint density at radius 1 is 1.10 bits per heavy atom. The van der Waals surface area contributed by atoms with E-state index in [-0.39, 0.29) is 6.42 Å². The predicted octanol–water partition coefficient (Wildman–Crippen LogP) is 3.24. The maximum Gasteiger partial charge on any atom is 0.307 e. The monoisotopic (exact) mass is 270 g/mol. The van der Waals surface area contributed by atoms with Gasteiger partial charge in [-0.2, -0.15) is 0 Å². The van der Waals surface area contributed by atoms with Crippen molar-refractivity contribution in [3.05, 3.63) is 65.2 Å². The molecule has 20 heavy (non-hydrogen) atoms. The summed E-state index contributed by atoms with van der Waals surface area (Å²) >= 11 is 0. The highest BCUT2D eigenvalue weighted by Gasteiger charge is 2.02. The molecule has 104 valence electrons. The van der Waals surface area contributed by atoms with E-state index in [0.717, 1.165) is 17.7 Å². The normalized spacial score (nSPS) is 10.2. The third-order valence-corrected chi connectivity index (χ3v) is 3.03. The number of aryl methyl sites for hydroxylation is 1. The van der Waals surface area contributed by atoms with Gasteiger partial charge in [-0.3, -0.25) is 4.79 Å². The third-order valence-electron chi connectivity index (χ3n) is 3.03. The van der Waals surface area contributed by atoms with Gasteiger partial charge in [-0.05, 0) is 30.2 Å². The average Bonchev–Trinajstić information content (AvgIpc) is 2.41. The minimum Gasteiger partial charge on any atom is -0.493 e. The first-order chi connectivity index (χ1) is 9.63. The third kappa shape index (κ3) is 4.43. The summed E-state index contributed by atoms with van der Waals surface area (Å²) in [6, 6.07) is 15.6. The van der Waals surface area contributed by atoms with E-state index in [1.807, 2.05) is 12.1 Å². The second kappa shape index (κ2) is 6.75. The minimum absolute atomic E-state index is 0.0230. The number of ether oxygens (including phenoxy) is 1. The van der Waals surface area contributed by atoms with E-state index in [0.29, 0.717) is 6.61 Å². The summed E-state index contributed by atoms with van der Waals surface area (Å²) in [6.45, 7) is 2.65. The lowest BCUT2D eigenvalue weighted by Gasteiger charge is -2.07. The molecule has 0 saturated carbocycles. The summed E-state index contributed by atoms with van der Waals surface area (Å²) in [5.41, 5.74) is 3.23. The summed E-state index contributed by atoms with van der Waals surface area (Å²) in [5.74, 6) is -0.113. The zero-order valence-electron chi connectivity index (χ0n) is 11.5. The lowest BCUT2D eigenvalue weighted by molar-refractivity contribution is -0.136. The number of hydrogen-bond donors (Lipinski definition) is 1. The van der Waals surface area contributed by atoms with Crippen LogP contribution in [0.5, 0.6) is 5.75 Å². The van der Waals surface area contributed by atoms with E-state index in [9.17, 15) is 4.79 Å². The van der Waals surface area contributed by atoms with Gasteiger partial charge in [-0.1, -0.05) is 42.0 Å². The van der Waals surface area contributed by atoms with Crippen LogP contribution in [0.3, 0.4) is 0 Å². The molecular weight excluding hydrogens is 252 g/mol. The molecule has 0 atom stereocenters. The molecule has 2 aromatic carbocycles. The summed E-state index contributed by atoms with van der Waals surface area (Å²) in [4.78, 5) is 10.7. The van der Waals surface area contributed by atoms with Crippen LogP contribution in [-0.4, -0.2) is 17.7 Å². The molecule has 0 aliphatic rings. The highest BCUT2D eigenvalue weighted by molar-refractivity contribution is 5.70. The Bertz CT molecular complexity index is 573. The van der Waals surface area contributed by atoms with Crippen LogP contribution in [0.2, 0.25) is 0 Å². The summed E-state index contributed by atoms with van der Waals surface area (Å²) in [5, 5.41) is 8.76. The van der Waals surface area contributed by atoms with Crippen LogP contribution in [0.1, 0.15) is 16.7 Å². The van der Waals surface area contributed by atoms with Crippen molar-refractivity contribution < 1.29 is 14.6 Å². The van der Waals surface area contributed by atoms with Gasteiger partial charge in [0.1, 0.15) is 5.75 Å². The van der Waals surface area contributed by atoms with E-state index >= 15 is 0 Å². The molecule has 0 spiro atoms. The van der Waals surface area contributed by atoms with E-state index < -0.39 is 5.97 Å². The molecule has 3 heteroatoms. The van der Waals surface area contributed by atoms with Gasteiger partial charge in [-0.15, -0.1) is 0 Å². The molecule has 0 aliphatic carbocycles. The molecule has 0 aromatic heterocycles. The molecule has 0 heterocycles. The molecule has 1 N–H and O–H groups in total. The second-order valence-corrected chi connectivity index (χ2v) is 4.80. The highest BCUT2D eigenvalue weighted by Crippen LogP contribution is 2.14. The van der Waals surface area contributed by atoms with Crippen LogP contribution in [0.4, 0.5) is 0 Å². The molecule has 0 radical (unpaired) electrons. The molecular formula is C17H18O3. The van der Waals surface area contributed by atoms with Crippen LogP contribution in [0, 0.1) is 6.92 Å². The minimum atomic E-state index is -0.832. The van der Waals surface area contributed by atoms with Crippen LogP contribution < -0.4 is 4.74 Å². The fraction of sp³-hybridized carbons (Fsp3) is 0.235. The molecule has 0 unspecified atom stereocenters. The van der Waals surface area contributed by atoms with E-state index in [1.54, 1.807) is 12.1 Å². The van der Waals surface area contributed by atoms with Gasteiger partial charge in [0.25, 0.3) is 0 Å². The van der Waals surface area contributed by atoms with Crippen LogP contribution in [-0.2, 0) is 17.6 Å². The standard InChI is InChI=1S/C17H18O3/c1-13-5-7-14(8-6-13)9-10-20-16-4-2-3-15(11-16)12-17(18)19/h2-8,11H,9-10,12H2,1H3,(H,18,19). The zero-order valence-corrected chi connectivity index (χ0v) is 11.5. The second-order valence-electron chi connectivity index (χ2n) is 4.80. The fourth-order valence-corrected chi connectivity index (χ4v) is 1.96. The summed E-state index contributed by atoms with van der Waals surface area (Å²) < 4.78 is 5.67. The van der Waals surface area contributed by atoms with E-state index in [2.05, 4.69) is 31.2 Å². The fourth-order valence-electron chi connectivity index (χ4n) is 1.96. The Labute approximate surface area is 118 Å². The van der Waals surface area contributed by atoms with Crippen molar-refractivity contribution in [2.24, 2.45) is 0 Å². The molecule has 0 aliphatic heterocycles. The van der Waals surface area contributed by atoms with Crippen LogP contribution in [0.15, 0.2) is 48.5 Å². The molecule has 3 nitrogen and oxygen atoms in total. The number of carboxylic acids is 1. The number of benzene rings is 2. The van der Waals surface area contributed by atoms with Crippen molar-refractivity contribution in [2.75, 3.05) is 6.61 Å². The van der Waals surface area contributed by atoms with Crippen LogP contribution >= 0.6 is 0 Å². The Morgan fingerprint density at radius 2 is 1.85 bits per heavy atom. The zero-order chi connectivity index (χ0) is 14.4. The SMILES string of the molecule is Cc1ccc(CCOc2cccc(CC(=O)O)c2)cc1. The maximum atomic E-state index is 10.7. The number of rotatable bonds is 6. The highest BCUT2D eigenvalue weighted by atomic mass is 16.5. The van der Waals surface area contributed by atoms with Crippen molar-refractivity contribution in [3.8, 4) is 5.75 Å². The summed E-state index contributed by atoms with van der Waals surface area (Å²) in [7, 11) is 0. The first kappa shape index (κ1) is 14.1. The largest absolute Gasteiger partial charge is 0.493 e. The number of aliphatic carboxylic acids is 1. The van der Waals surface area contributed by atoms with Crippen molar-refractivity contribution in [1.82, 2.24) is 0 Å². The molecule has 2 rings (SSSR count). The lowest BCUT2D eigenvalue weighted by atomic mass is 10.1. The topological polar surface area (TPSA) is 46.5 Å². The first-order valence-electron chi connectivity index (χ1n) is 6.62. The van der Waals surface area contributed by atoms with Gasteiger partial charge in [0.05, 0.1) is 13.0 Å². The average molecular weight is 270 g/mol. The Hall–Kier alpha value is -2.29. The van der Waals surface area contributed by atoms with Crippen molar-refractivity contribution >= 4 is 5.97 Å². The van der Waals surface area contributed by atoms with Gasteiger partial charge in [0.2, 0.25) is 0 Å². The van der Waals surface area contributed by atoms with Crippen LogP contribution in [0.25, 0.3) is 0 Å². The van der Waals surface area contributed by atoms with Crippen molar-refractivity contribution in [2.45, 2.75) is 19.8 Å². The van der Waals surface area contributed by atoms with Gasteiger partial charge in [0, 0.05) is 6.42 Å². The molecule has 0 bridgehead atoms. The van der Waals surface area contributed by atoms with Gasteiger partial charge < -0.3 is 9.84 Å². The summed E-state index contributed by atoms with van der Waals surface area (Å²) in [6.07, 6.45) is 0.860.